The molecule has 0 spiro atoms. The maximum atomic E-state index is 5.26. The normalized spacial score (nSPS) is 11.4. The van der Waals surface area contributed by atoms with Gasteiger partial charge < -0.3 is 0 Å². The number of hydrogen-bond acceptors (Lipinski definition) is 5. The molecular weight excluding hydrogens is 779 g/mol. The molecule has 0 saturated carbocycles. The van der Waals surface area contributed by atoms with Gasteiger partial charge in [-0.15, -0.1) is 0 Å². The van der Waals surface area contributed by atoms with Gasteiger partial charge >= 0.3 is 0 Å². The molecular formula is C59H37N5. The van der Waals surface area contributed by atoms with Crippen LogP contribution in [-0.2, 0) is 0 Å². The van der Waals surface area contributed by atoms with Gasteiger partial charge in [0.15, 0.2) is 17.5 Å². The molecule has 0 radical (unpaired) electrons. The molecule has 0 aliphatic carbocycles. The van der Waals surface area contributed by atoms with Crippen molar-refractivity contribution in [2.45, 2.75) is 0 Å². The highest BCUT2D eigenvalue weighted by Crippen LogP contribution is 2.46. The monoisotopic (exact) mass is 815 g/mol. The molecule has 298 valence electrons. The highest BCUT2D eigenvalue weighted by atomic mass is 15.0. The van der Waals surface area contributed by atoms with Crippen molar-refractivity contribution in [1.29, 1.82) is 0 Å². The van der Waals surface area contributed by atoms with Crippen molar-refractivity contribution >= 4 is 43.1 Å². The average Bonchev–Trinajstić information content (AvgIpc) is 3.38. The quantitative estimate of drug-likeness (QED) is 0.150. The Labute approximate surface area is 370 Å². The van der Waals surface area contributed by atoms with Crippen molar-refractivity contribution in [2.75, 3.05) is 0 Å². The zero-order chi connectivity index (χ0) is 42.4. The van der Waals surface area contributed by atoms with E-state index < -0.39 is 0 Å². The SMILES string of the molecule is c1ccc2cc(-c3c4ccccc4c(-c4ccc5ccccc5c4)c4cc(-c5nc(-c6ccc(-c7ccncc7)cc6)nc(-c6ccc(-c7ccncc7)cc6)n5)ccc34)ccc2c1. The zero-order valence-corrected chi connectivity index (χ0v) is 34.6. The Balaban J connectivity index is 1.09. The van der Waals surface area contributed by atoms with Crippen molar-refractivity contribution < 1.29 is 0 Å². The minimum absolute atomic E-state index is 0.600. The van der Waals surface area contributed by atoms with Gasteiger partial charge in [0.2, 0.25) is 0 Å². The summed E-state index contributed by atoms with van der Waals surface area (Å²) in [6.07, 6.45) is 7.26. The van der Waals surface area contributed by atoms with Crippen molar-refractivity contribution in [3.05, 3.63) is 225 Å². The third-order valence-electron chi connectivity index (χ3n) is 12.3. The molecule has 3 aromatic heterocycles. The van der Waals surface area contributed by atoms with Crippen LogP contribution in [0.15, 0.2) is 225 Å². The van der Waals surface area contributed by atoms with Crippen LogP contribution in [0.2, 0.25) is 0 Å². The molecule has 3 heterocycles. The first kappa shape index (κ1) is 37.1. The van der Waals surface area contributed by atoms with Gasteiger partial charge in [-0.25, -0.2) is 15.0 Å². The second kappa shape index (κ2) is 15.7. The predicted molar refractivity (Wildman–Crippen MR) is 263 cm³/mol. The van der Waals surface area contributed by atoms with Crippen LogP contribution in [0.3, 0.4) is 0 Å². The molecule has 0 amide bonds. The summed E-state index contributed by atoms with van der Waals surface area (Å²) in [6.45, 7) is 0. The molecule has 12 rings (SSSR count). The van der Waals surface area contributed by atoms with Crippen LogP contribution in [0.5, 0.6) is 0 Å². The highest BCUT2D eigenvalue weighted by Gasteiger charge is 2.20. The van der Waals surface area contributed by atoms with Crippen LogP contribution in [0, 0.1) is 0 Å². The third-order valence-corrected chi connectivity index (χ3v) is 12.3. The molecule has 12 aromatic rings. The van der Waals surface area contributed by atoms with Crippen LogP contribution < -0.4 is 0 Å². The Kier molecular flexibility index (Phi) is 9.08. The van der Waals surface area contributed by atoms with Gasteiger partial charge in [-0.3, -0.25) is 9.97 Å². The fourth-order valence-corrected chi connectivity index (χ4v) is 9.10. The molecule has 64 heavy (non-hydrogen) atoms. The van der Waals surface area contributed by atoms with E-state index in [2.05, 4.69) is 186 Å². The topological polar surface area (TPSA) is 64.5 Å². The second-order valence-electron chi connectivity index (χ2n) is 16.1. The van der Waals surface area contributed by atoms with Crippen LogP contribution in [0.4, 0.5) is 0 Å². The molecule has 0 fully saturated rings. The van der Waals surface area contributed by atoms with E-state index in [1.807, 2.05) is 49.1 Å². The molecule has 5 nitrogen and oxygen atoms in total. The first-order valence-corrected chi connectivity index (χ1v) is 21.5. The van der Waals surface area contributed by atoms with Gasteiger partial charge in [0, 0.05) is 41.5 Å². The van der Waals surface area contributed by atoms with Gasteiger partial charge in [-0.2, -0.15) is 0 Å². The average molecular weight is 816 g/mol. The molecule has 0 saturated heterocycles. The molecule has 0 atom stereocenters. The van der Waals surface area contributed by atoms with Gasteiger partial charge in [-0.1, -0.05) is 158 Å². The first-order chi connectivity index (χ1) is 31.7. The number of benzene rings is 9. The molecule has 0 bridgehead atoms. The van der Waals surface area contributed by atoms with Crippen LogP contribution in [0.1, 0.15) is 0 Å². The number of fused-ring (bicyclic) bond motifs is 4. The second-order valence-corrected chi connectivity index (χ2v) is 16.1. The molecule has 9 aromatic carbocycles. The van der Waals surface area contributed by atoms with Gasteiger partial charge in [0.05, 0.1) is 0 Å². The van der Waals surface area contributed by atoms with Crippen molar-refractivity contribution in [2.24, 2.45) is 0 Å². The summed E-state index contributed by atoms with van der Waals surface area (Å²) in [5, 5.41) is 9.51. The Morgan fingerprint density at radius 2 is 0.562 bits per heavy atom. The van der Waals surface area contributed by atoms with E-state index >= 15 is 0 Å². The highest BCUT2D eigenvalue weighted by molar-refractivity contribution is 6.22. The van der Waals surface area contributed by atoms with Crippen LogP contribution >= 0.6 is 0 Å². The third kappa shape index (κ3) is 6.73. The lowest BCUT2D eigenvalue weighted by atomic mass is 9.84. The lowest BCUT2D eigenvalue weighted by Gasteiger charge is -2.19. The smallest absolute Gasteiger partial charge is 0.164 e. The molecule has 0 unspecified atom stereocenters. The lowest BCUT2D eigenvalue weighted by Crippen LogP contribution is -2.00. The Morgan fingerprint density at radius 3 is 1.05 bits per heavy atom. The molecule has 0 aliphatic heterocycles. The Morgan fingerprint density at radius 1 is 0.219 bits per heavy atom. The van der Waals surface area contributed by atoms with E-state index in [-0.39, 0.29) is 0 Å². The molecule has 0 N–H and O–H groups in total. The Hall–Kier alpha value is -8.67. The number of nitrogens with zero attached hydrogens (tertiary/aromatic N) is 5. The van der Waals surface area contributed by atoms with Crippen molar-refractivity contribution in [3.63, 3.8) is 0 Å². The maximum Gasteiger partial charge on any atom is 0.164 e. The van der Waals surface area contributed by atoms with E-state index in [9.17, 15) is 0 Å². The largest absolute Gasteiger partial charge is 0.265 e. The van der Waals surface area contributed by atoms with Gasteiger partial charge in [-0.05, 0) is 130 Å². The summed E-state index contributed by atoms with van der Waals surface area (Å²) < 4.78 is 0. The minimum Gasteiger partial charge on any atom is -0.265 e. The summed E-state index contributed by atoms with van der Waals surface area (Å²) in [5.41, 5.74) is 11.8. The number of hydrogen-bond donors (Lipinski definition) is 0. The van der Waals surface area contributed by atoms with Gasteiger partial charge in [0.25, 0.3) is 0 Å². The molecule has 5 heteroatoms. The summed E-state index contributed by atoms with van der Waals surface area (Å²) in [6, 6.07) is 71.2. The fourth-order valence-electron chi connectivity index (χ4n) is 9.10. The summed E-state index contributed by atoms with van der Waals surface area (Å²) in [4.78, 5) is 24.1. The van der Waals surface area contributed by atoms with E-state index in [1.165, 1.54) is 49.0 Å². The van der Waals surface area contributed by atoms with Crippen molar-refractivity contribution in [3.8, 4) is 78.7 Å². The fraction of sp³-hybridized carbons (Fsp3) is 0. The van der Waals surface area contributed by atoms with Gasteiger partial charge in [0.1, 0.15) is 0 Å². The summed E-state index contributed by atoms with van der Waals surface area (Å²) in [5.74, 6) is 1.80. The first-order valence-electron chi connectivity index (χ1n) is 21.5. The lowest BCUT2D eigenvalue weighted by molar-refractivity contribution is 1.07. The standard InChI is InChI=1S/C59H37N5/c1-3-9-46-35-48(23-17-38(46)7-1)55-51-11-5-6-12-52(51)56(49-24-18-39-8-2-4-10-47(39)36-49)54-37-50(25-26-53(54)55)59-63-57(44-19-13-40(14-20-44)42-27-31-60-32-28-42)62-58(64-59)45-21-15-41(16-22-45)43-29-33-61-34-30-43/h1-37H. The minimum atomic E-state index is 0.600. The number of rotatable bonds is 7. The van der Waals surface area contributed by atoms with E-state index in [0.717, 1.165) is 55.3 Å². The zero-order valence-electron chi connectivity index (χ0n) is 34.6. The summed E-state index contributed by atoms with van der Waals surface area (Å²) in [7, 11) is 0. The predicted octanol–water partition coefficient (Wildman–Crippen LogP) is 14.9. The maximum absolute atomic E-state index is 5.26. The summed E-state index contributed by atoms with van der Waals surface area (Å²) >= 11 is 0. The van der Waals surface area contributed by atoms with E-state index in [1.54, 1.807) is 0 Å². The van der Waals surface area contributed by atoms with Crippen LogP contribution in [0.25, 0.3) is 122 Å². The van der Waals surface area contributed by atoms with E-state index in [4.69, 9.17) is 15.0 Å². The van der Waals surface area contributed by atoms with Crippen LogP contribution in [-0.4, -0.2) is 24.9 Å². The Bertz CT molecular complexity index is 3600. The number of pyridine rings is 2. The molecule has 0 aliphatic rings. The van der Waals surface area contributed by atoms with Crippen molar-refractivity contribution in [1.82, 2.24) is 24.9 Å². The number of aromatic nitrogens is 5. The van der Waals surface area contributed by atoms with E-state index in [0.29, 0.717) is 17.5 Å².